The molecule has 13 aliphatic rings. The molecule has 21 rings (SSSR count). The number of fused-ring (bicyclic) bond motifs is 5. The Morgan fingerprint density at radius 3 is 1.37 bits per heavy atom. The molecule has 18 heteroatoms. The van der Waals surface area contributed by atoms with E-state index in [1.807, 2.05) is 70.4 Å². The van der Waals surface area contributed by atoms with E-state index in [0.717, 1.165) is 157 Å². The topological polar surface area (TPSA) is 193 Å². The molecule has 8 aromatic rings. The maximum atomic E-state index is 13.9. The summed E-state index contributed by atoms with van der Waals surface area (Å²) in [4.78, 5) is 66.9. The van der Waals surface area contributed by atoms with Gasteiger partial charge >= 0.3 is 11.9 Å². The number of hydrogen-bond donors (Lipinski definition) is 3. The number of nitrogens with zero attached hydrogens (tertiary/aromatic N) is 6. The molecule has 110 heavy (non-hydrogen) atoms. The van der Waals surface area contributed by atoms with Crippen molar-refractivity contribution in [1.82, 2.24) is 45.3 Å². The van der Waals surface area contributed by atoms with E-state index in [1.165, 1.54) is 112 Å². The lowest BCUT2D eigenvalue weighted by molar-refractivity contribution is -0.151. The van der Waals surface area contributed by atoms with Crippen LogP contribution in [0.15, 0.2) is 140 Å². The lowest BCUT2D eigenvalue weighted by Crippen LogP contribution is -2.55. The third-order valence-corrected chi connectivity index (χ3v) is 28.4. The van der Waals surface area contributed by atoms with Gasteiger partial charge in [0.1, 0.15) is 11.6 Å². The highest BCUT2D eigenvalue weighted by atomic mass is 19.1. The Hall–Kier alpha value is -9.06. The van der Waals surface area contributed by atoms with Crippen LogP contribution in [0.25, 0.3) is 11.4 Å². The highest BCUT2D eigenvalue weighted by Crippen LogP contribution is 2.63. The molecule has 10 bridgehead atoms. The van der Waals surface area contributed by atoms with E-state index in [2.05, 4.69) is 78.3 Å². The van der Waals surface area contributed by atoms with Crippen LogP contribution in [0.4, 0.5) is 8.78 Å². The highest BCUT2D eigenvalue weighted by Gasteiger charge is 2.56. The smallest absolute Gasteiger partial charge is 0.311 e. The van der Waals surface area contributed by atoms with E-state index in [1.54, 1.807) is 24.3 Å². The van der Waals surface area contributed by atoms with Crippen molar-refractivity contribution in [2.75, 3.05) is 13.2 Å². The van der Waals surface area contributed by atoms with Crippen molar-refractivity contribution in [3.05, 3.63) is 219 Å². The van der Waals surface area contributed by atoms with E-state index in [-0.39, 0.29) is 106 Å². The average Bonchev–Trinajstić information content (AvgIpc) is 0.906. The summed E-state index contributed by atoms with van der Waals surface area (Å²) in [6, 6.07) is 43.8. The second-order valence-corrected chi connectivity index (χ2v) is 35.1. The second kappa shape index (κ2) is 30.9. The summed E-state index contributed by atoms with van der Waals surface area (Å²) in [6.07, 6.45) is 26.4. The molecule has 3 amide bonds. The zero-order chi connectivity index (χ0) is 75.5. The van der Waals surface area contributed by atoms with Gasteiger partial charge in [-0.05, 0) is 305 Å². The van der Waals surface area contributed by atoms with Crippen LogP contribution in [0.5, 0.6) is 0 Å². The Morgan fingerprint density at radius 1 is 0.482 bits per heavy atom. The Labute approximate surface area is 645 Å². The highest BCUT2D eigenvalue weighted by molar-refractivity contribution is 5.96. The Morgan fingerprint density at radius 2 is 0.909 bits per heavy atom. The van der Waals surface area contributed by atoms with Gasteiger partial charge in [0.15, 0.2) is 17.1 Å². The minimum absolute atomic E-state index is 0.0472. The fourth-order valence-corrected chi connectivity index (χ4v) is 24.1. The van der Waals surface area contributed by atoms with Gasteiger partial charge in [0.25, 0.3) is 17.7 Å². The first-order valence-electron chi connectivity index (χ1n) is 41.7. The zero-order valence-electron chi connectivity index (χ0n) is 64.3. The molecule has 9 atom stereocenters. The van der Waals surface area contributed by atoms with Gasteiger partial charge in [-0.1, -0.05) is 91.0 Å². The molecule has 3 N–H and O–H groups in total. The Kier molecular flexibility index (Phi) is 20.7. The molecular formula is C92H107F2N9O7. The summed E-state index contributed by atoms with van der Waals surface area (Å²) in [5.74, 6) is 4.06. The van der Waals surface area contributed by atoms with E-state index in [4.69, 9.17) is 24.8 Å². The molecular weight excluding hydrogens is 1380 g/mol. The standard InChI is InChI=1S/C32H36FN3O.C30H32FN3O3.C30H39N3O3/c1-20(32-17-21-14-22(18-32)16-23(15-21)19-32)34-31(37)29-28-9-5-8-27(24-6-3-2-4-7-24)30(28)36(35-29)26-12-10-25(33)11-13-26;1-2-37-30(36)25-19-11-12-20(17-19)26(25)32-29(35)27-24-10-6-9-23(18-7-4-3-5-8-18)28(24)34(33-27)22-15-13-21(31)14-16-22;1-3-36-29(35)24-9-10-26-25(14-24)27(32-33(26)18-20-7-5-4-6-8-20)28(34)31-19(2)30-15-21-11-22(16-30)13-23(12-21)17-30/h2-4,6-7,10-13,20-23,27H,5,8-9,14-19H2,1H3,(H,34,37);3-5,7-8,13-16,19-20,23,25-26H,2,6,9-12,17H2,1H3,(H,32,35);4-8,19,21-24H,3,9-18H2,1-2H3,(H,31,34)/t;19?,20?,23?,25-,26+;/m.0./s1. The summed E-state index contributed by atoms with van der Waals surface area (Å²) in [6.45, 7) is 9.46. The fourth-order valence-electron chi connectivity index (χ4n) is 24.1. The molecule has 3 aromatic heterocycles. The quantitative estimate of drug-likeness (QED) is 0.0696. The maximum absolute atomic E-state index is 13.9. The summed E-state index contributed by atoms with van der Waals surface area (Å²) in [5, 5.41) is 24.8. The molecule has 10 saturated carbocycles. The molecule has 3 heterocycles. The molecule has 576 valence electrons. The van der Waals surface area contributed by atoms with E-state index >= 15 is 0 Å². The van der Waals surface area contributed by atoms with Crippen LogP contribution in [0.3, 0.4) is 0 Å². The Bertz CT molecular complexity index is 4620. The molecule has 0 saturated heterocycles. The molecule has 16 nitrogen and oxygen atoms in total. The number of carbonyl (C=O) groups excluding carboxylic acids is 5. The predicted octanol–water partition coefficient (Wildman–Crippen LogP) is 16.9. The number of esters is 2. The van der Waals surface area contributed by atoms with E-state index < -0.39 is 0 Å². The molecule has 13 aliphatic carbocycles. The largest absolute Gasteiger partial charge is 0.466 e. The first-order valence-corrected chi connectivity index (χ1v) is 41.7. The third-order valence-electron chi connectivity index (χ3n) is 28.4. The van der Waals surface area contributed by atoms with Crippen molar-refractivity contribution in [2.24, 2.45) is 70.0 Å². The number of benzene rings is 5. The van der Waals surface area contributed by atoms with E-state index in [9.17, 15) is 32.8 Å². The zero-order valence-corrected chi connectivity index (χ0v) is 64.3. The van der Waals surface area contributed by atoms with Gasteiger partial charge in [-0.25, -0.2) is 18.1 Å². The van der Waals surface area contributed by atoms with Crippen molar-refractivity contribution in [3.8, 4) is 11.4 Å². The van der Waals surface area contributed by atoms with E-state index in [0.29, 0.717) is 43.3 Å². The maximum Gasteiger partial charge on any atom is 0.311 e. The van der Waals surface area contributed by atoms with Crippen LogP contribution >= 0.6 is 0 Å². The molecule has 10 fully saturated rings. The van der Waals surface area contributed by atoms with Gasteiger partial charge in [0.2, 0.25) is 0 Å². The molecule has 7 unspecified atom stereocenters. The average molecular weight is 1490 g/mol. The molecule has 0 spiro atoms. The summed E-state index contributed by atoms with van der Waals surface area (Å²) in [7, 11) is 0. The number of amides is 3. The minimum Gasteiger partial charge on any atom is -0.466 e. The van der Waals surface area contributed by atoms with Crippen molar-refractivity contribution >= 4 is 29.7 Å². The van der Waals surface area contributed by atoms with Gasteiger partial charge < -0.3 is 25.4 Å². The third kappa shape index (κ3) is 14.4. The number of hydrogen-bond acceptors (Lipinski definition) is 10. The number of halogens is 2. The fraction of sp³-hybridized carbons (Fsp3) is 0.522. The molecule has 0 aliphatic heterocycles. The lowest BCUT2D eigenvalue weighted by atomic mass is 9.48. The minimum atomic E-state index is -0.316. The van der Waals surface area contributed by atoms with Crippen LogP contribution in [0.1, 0.15) is 250 Å². The lowest BCUT2D eigenvalue weighted by Gasteiger charge is -2.59. The first-order chi connectivity index (χ1) is 53.5. The van der Waals surface area contributed by atoms with Gasteiger partial charge in [0, 0.05) is 52.3 Å². The second-order valence-electron chi connectivity index (χ2n) is 35.1. The van der Waals surface area contributed by atoms with Gasteiger partial charge in [-0.2, -0.15) is 15.3 Å². The Balaban J connectivity index is 0.000000120. The monoisotopic (exact) mass is 1490 g/mol. The van der Waals surface area contributed by atoms with Gasteiger partial charge in [0.05, 0.1) is 54.4 Å². The number of carbonyl (C=O) groups is 5. The number of nitrogens with one attached hydrogen (secondary N) is 3. The predicted molar refractivity (Wildman–Crippen MR) is 417 cm³/mol. The van der Waals surface area contributed by atoms with Crippen molar-refractivity contribution in [3.63, 3.8) is 0 Å². The van der Waals surface area contributed by atoms with Crippen LogP contribution in [-0.2, 0) is 51.3 Å². The summed E-state index contributed by atoms with van der Waals surface area (Å²) < 4.78 is 44.0. The molecule has 0 radical (unpaired) electrons. The SMILES string of the molecule is CC(NC(=O)c1nn(-c2ccc(F)cc2)c2c1CCCC2c1ccccc1)C12CC3CC(CC(C3)C1)C2.CCOC(=O)C1CCc2c(c(C(=O)NC(C)C34CC5CC(CC(C5)C3)C4)nn2Cc2ccccc2)C1.CCOC(=O)[C@H]1C2CCC(C2)[C@H]1NC(=O)c1nn(-c2ccc(F)cc2)c2c1CCCC2c1ccccc1. The summed E-state index contributed by atoms with van der Waals surface area (Å²) >= 11 is 0. The van der Waals surface area contributed by atoms with Gasteiger partial charge in [-0.15, -0.1) is 0 Å². The van der Waals surface area contributed by atoms with Crippen molar-refractivity contribution < 1.29 is 42.2 Å². The van der Waals surface area contributed by atoms with Crippen LogP contribution in [-0.4, -0.2) is 90.3 Å². The normalized spacial score (nSPS) is 29.2. The van der Waals surface area contributed by atoms with Crippen molar-refractivity contribution in [2.45, 2.75) is 218 Å². The van der Waals surface area contributed by atoms with Crippen LogP contribution in [0.2, 0.25) is 0 Å². The number of aromatic nitrogens is 6. The number of ether oxygens (including phenoxy) is 2. The van der Waals surface area contributed by atoms with Crippen LogP contribution in [0, 0.1) is 81.6 Å². The first kappa shape index (κ1) is 73.7. The number of rotatable bonds is 18. The van der Waals surface area contributed by atoms with Gasteiger partial charge in [-0.3, -0.25) is 28.7 Å². The molecule has 5 aromatic carbocycles. The summed E-state index contributed by atoms with van der Waals surface area (Å²) in [5.41, 5.74) is 13.1. The van der Waals surface area contributed by atoms with Crippen LogP contribution < -0.4 is 16.0 Å². The van der Waals surface area contributed by atoms with Crippen molar-refractivity contribution in [1.29, 1.82) is 0 Å².